The Kier molecular flexibility index (Phi) is 5.08. The fourth-order valence-electron chi connectivity index (χ4n) is 2.25. The van der Waals surface area contributed by atoms with Crippen LogP contribution < -0.4 is 10.6 Å². The lowest BCUT2D eigenvalue weighted by Gasteiger charge is -2.24. The number of piperidine rings is 1. The minimum atomic E-state index is -0.0778. The van der Waals surface area contributed by atoms with Crippen molar-refractivity contribution >= 4 is 29.1 Å². The summed E-state index contributed by atoms with van der Waals surface area (Å²) in [7, 11) is 0. The third kappa shape index (κ3) is 3.85. The number of benzene rings is 1. The molecule has 3 nitrogen and oxygen atoms in total. The van der Waals surface area contributed by atoms with Crippen molar-refractivity contribution in [2.24, 2.45) is 0 Å². The predicted octanol–water partition coefficient (Wildman–Crippen LogP) is 3.31. The van der Waals surface area contributed by atoms with Crippen molar-refractivity contribution in [3.05, 3.63) is 33.8 Å². The summed E-state index contributed by atoms with van der Waals surface area (Å²) >= 11 is 11.9. The molecule has 104 valence electrons. The second-order valence-electron chi connectivity index (χ2n) is 4.91. The quantitative estimate of drug-likeness (QED) is 0.899. The third-order valence-electron chi connectivity index (χ3n) is 3.43. The largest absolute Gasteiger partial charge is 0.348 e. The average Bonchev–Trinajstić information content (AvgIpc) is 2.42. The number of hydrogen-bond donors (Lipinski definition) is 2. The van der Waals surface area contributed by atoms with Gasteiger partial charge < -0.3 is 10.6 Å². The Morgan fingerprint density at radius 3 is 2.79 bits per heavy atom. The van der Waals surface area contributed by atoms with Crippen LogP contribution in [0.2, 0.25) is 10.0 Å². The minimum Gasteiger partial charge on any atom is -0.348 e. The Balaban J connectivity index is 1.97. The van der Waals surface area contributed by atoms with Crippen LogP contribution in [0, 0.1) is 0 Å². The summed E-state index contributed by atoms with van der Waals surface area (Å²) in [6, 6.07) is 5.28. The second kappa shape index (κ2) is 6.60. The molecule has 5 heteroatoms. The number of hydrogen-bond acceptors (Lipinski definition) is 2. The second-order valence-corrected chi connectivity index (χ2v) is 5.72. The molecule has 2 rings (SSSR count). The zero-order valence-electron chi connectivity index (χ0n) is 10.9. The van der Waals surface area contributed by atoms with Crippen molar-refractivity contribution in [2.45, 2.75) is 38.3 Å². The molecule has 0 aromatic heterocycles. The van der Waals surface area contributed by atoms with Crippen LogP contribution in [0.3, 0.4) is 0 Å². The van der Waals surface area contributed by atoms with Gasteiger partial charge in [-0.15, -0.1) is 0 Å². The maximum absolute atomic E-state index is 12.1. The van der Waals surface area contributed by atoms with Crippen molar-refractivity contribution in [2.75, 3.05) is 6.54 Å². The van der Waals surface area contributed by atoms with Gasteiger partial charge in [0.15, 0.2) is 0 Å². The van der Waals surface area contributed by atoms with Gasteiger partial charge in [-0.1, -0.05) is 35.7 Å². The van der Waals surface area contributed by atoms with Crippen LogP contribution in [-0.2, 0) is 4.79 Å². The number of amides is 1. The van der Waals surface area contributed by atoms with Crippen LogP contribution in [0.1, 0.15) is 37.8 Å². The molecule has 1 heterocycles. The monoisotopic (exact) mass is 300 g/mol. The molecule has 1 aliphatic rings. The summed E-state index contributed by atoms with van der Waals surface area (Å²) in [5, 5.41) is 7.28. The maximum atomic E-state index is 12.1. The van der Waals surface area contributed by atoms with E-state index in [1.54, 1.807) is 12.1 Å². The summed E-state index contributed by atoms with van der Waals surface area (Å²) in [5.41, 5.74) is 0.957. The molecular weight excluding hydrogens is 283 g/mol. The van der Waals surface area contributed by atoms with Gasteiger partial charge in [-0.3, -0.25) is 4.79 Å². The van der Waals surface area contributed by atoms with Crippen molar-refractivity contribution in [1.29, 1.82) is 0 Å². The number of halogens is 2. The molecule has 0 spiro atoms. The van der Waals surface area contributed by atoms with E-state index in [1.807, 2.05) is 13.0 Å². The summed E-state index contributed by atoms with van der Waals surface area (Å²) < 4.78 is 0. The summed E-state index contributed by atoms with van der Waals surface area (Å²) in [6.45, 7) is 2.86. The standard InChI is InChI=1S/C14H18Cl2N2O/c1-9(10-5-6-11(15)12(16)8-10)18-14(19)13-4-2-3-7-17-13/h5-6,8-9,13,17H,2-4,7H2,1H3,(H,18,19)/t9-,13?/m1/s1. The summed E-state index contributed by atoms with van der Waals surface area (Å²) in [5.74, 6) is 0.0540. The predicted molar refractivity (Wildman–Crippen MR) is 78.7 cm³/mol. The normalized spacial score (nSPS) is 20.9. The first-order valence-corrected chi connectivity index (χ1v) is 7.32. The highest BCUT2D eigenvalue weighted by atomic mass is 35.5. The first kappa shape index (κ1) is 14.6. The molecule has 19 heavy (non-hydrogen) atoms. The molecule has 1 unspecified atom stereocenters. The zero-order chi connectivity index (χ0) is 13.8. The fraction of sp³-hybridized carbons (Fsp3) is 0.500. The smallest absolute Gasteiger partial charge is 0.237 e. The number of rotatable bonds is 3. The van der Waals surface area contributed by atoms with Gasteiger partial charge in [0, 0.05) is 0 Å². The zero-order valence-corrected chi connectivity index (χ0v) is 12.4. The lowest BCUT2D eigenvalue weighted by Crippen LogP contribution is -2.47. The van der Waals surface area contributed by atoms with Gasteiger partial charge in [-0.05, 0) is 44.0 Å². The van der Waals surface area contributed by atoms with Crippen LogP contribution in [0.25, 0.3) is 0 Å². The number of carbonyl (C=O) groups excluding carboxylic acids is 1. The van der Waals surface area contributed by atoms with Gasteiger partial charge in [0.25, 0.3) is 0 Å². The molecule has 1 fully saturated rings. The van der Waals surface area contributed by atoms with Gasteiger partial charge >= 0.3 is 0 Å². The van der Waals surface area contributed by atoms with Crippen molar-refractivity contribution < 1.29 is 4.79 Å². The number of nitrogens with one attached hydrogen (secondary N) is 2. The number of carbonyl (C=O) groups is 1. The molecule has 0 saturated carbocycles. The van der Waals surface area contributed by atoms with E-state index in [2.05, 4.69) is 10.6 Å². The Labute approximate surface area is 123 Å². The molecule has 1 amide bonds. The lowest BCUT2D eigenvalue weighted by molar-refractivity contribution is -0.124. The molecule has 0 bridgehead atoms. The van der Waals surface area contributed by atoms with E-state index in [0.717, 1.165) is 31.4 Å². The van der Waals surface area contributed by atoms with E-state index in [9.17, 15) is 4.79 Å². The van der Waals surface area contributed by atoms with Crippen molar-refractivity contribution in [1.82, 2.24) is 10.6 Å². The molecule has 2 N–H and O–H groups in total. The highest BCUT2D eigenvalue weighted by molar-refractivity contribution is 6.42. The van der Waals surface area contributed by atoms with Crippen molar-refractivity contribution in [3.63, 3.8) is 0 Å². The van der Waals surface area contributed by atoms with E-state index in [-0.39, 0.29) is 18.0 Å². The maximum Gasteiger partial charge on any atom is 0.237 e. The van der Waals surface area contributed by atoms with Crippen LogP contribution in [0.4, 0.5) is 0 Å². The Morgan fingerprint density at radius 2 is 2.16 bits per heavy atom. The van der Waals surface area contributed by atoms with Crippen LogP contribution >= 0.6 is 23.2 Å². The van der Waals surface area contributed by atoms with Crippen LogP contribution in [-0.4, -0.2) is 18.5 Å². The highest BCUT2D eigenvalue weighted by Gasteiger charge is 2.22. The van der Waals surface area contributed by atoms with Crippen LogP contribution in [0.15, 0.2) is 18.2 Å². The molecule has 1 aliphatic heterocycles. The molecule has 0 radical (unpaired) electrons. The molecule has 0 aliphatic carbocycles. The van der Waals surface area contributed by atoms with E-state index in [4.69, 9.17) is 23.2 Å². The average molecular weight is 301 g/mol. The lowest BCUT2D eigenvalue weighted by atomic mass is 10.0. The van der Waals surface area contributed by atoms with E-state index in [1.165, 1.54) is 0 Å². The Morgan fingerprint density at radius 1 is 1.37 bits per heavy atom. The fourth-order valence-corrected chi connectivity index (χ4v) is 2.56. The topological polar surface area (TPSA) is 41.1 Å². The molecule has 1 saturated heterocycles. The molecule has 1 aromatic rings. The molecule has 1 aromatic carbocycles. The third-order valence-corrected chi connectivity index (χ3v) is 4.17. The van der Waals surface area contributed by atoms with Crippen LogP contribution in [0.5, 0.6) is 0 Å². The first-order valence-electron chi connectivity index (χ1n) is 6.56. The first-order chi connectivity index (χ1) is 9.08. The Hall–Kier alpha value is -0.770. The van der Waals surface area contributed by atoms with Gasteiger partial charge in [0.05, 0.1) is 22.1 Å². The van der Waals surface area contributed by atoms with E-state index < -0.39 is 0 Å². The van der Waals surface area contributed by atoms with Gasteiger partial charge in [0.1, 0.15) is 0 Å². The van der Waals surface area contributed by atoms with E-state index >= 15 is 0 Å². The Bertz CT molecular complexity index is 459. The van der Waals surface area contributed by atoms with Gasteiger partial charge in [0.2, 0.25) is 5.91 Å². The molecular formula is C14H18Cl2N2O. The summed E-state index contributed by atoms with van der Waals surface area (Å²) in [4.78, 5) is 12.1. The minimum absolute atomic E-state index is 0.0540. The highest BCUT2D eigenvalue weighted by Crippen LogP contribution is 2.25. The van der Waals surface area contributed by atoms with E-state index in [0.29, 0.717) is 10.0 Å². The SMILES string of the molecule is C[C@@H](NC(=O)C1CCCCN1)c1ccc(Cl)c(Cl)c1. The summed E-state index contributed by atoms with van der Waals surface area (Å²) in [6.07, 6.45) is 3.15. The van der Waals surface area contributed by atoms with Crippen molar-refractivity contribution in [3.8, 4) is 0 Å². The van der Waals surface area contributed by atoms with Gasteiger partial charge in [-0.25, -0.2) is 0 Å². The van der Waals surface area contributed by atoms with Gasteiger partial charge in [-0.2, -0.15) is 0 Å². The molecule has 2 atom stereocenters.